The molecule has 3 aromatic carbocycles. The largest absolute Gasteiger partial charge is 0.495 e. The van der Waals surface area contributed by atoms with Crippen LogP contribution in [0.3, 0.4) is 0 Å². The van der Waals surface area contributed by atoms with E-state index in [1.165, 1.54) is 31.2 Å². The summed E-state index contributed by atoms with van der Waals surface area (Å²) >= 11 is 31.5. The first kappa shape index (κ1) is 33.0. The van der Waals surface area contributed by atoms with Crippen LogP contribution in [0.25, 0.3) is 0 Å². The van der Waals surface area contributed by atoms with Gasteiger partial charge in [-0.05, 0) is 80.9 Å². The van der Waals surface area contributed by atoms with Crippen molar-refractivity contribution in [2.45, 2.75) is 36.6 Å². The first-order valence-electron chi connectivity index (χ1n) is 12.9. The van der Waals surface area contributed by atoms with Crippen LogP contribution < -0.4 is 20.3 Å². The van der Waals surface area contributed by atoms with Crippen molar-refractivity contribution in [1.82, 2.24) is 0 Å². The fraction of sp³-hybridized carbons (Fsp3) is 0.300. The summed E-state index contributed by atoms with van der Waals surface area (Å²) in [6.45, 7) is 5.27. The van der Waals surface area contributed by atoms with E-state index in [2.05, 4.69) is 10.6 Å². The number of hydrogen-bond acceptors (Lipinski definition) is 5. The molecule has 2 atom stereocenters. The number of methoxy groups -OCH3 is 1. The molecule has 3 aromatic rings. The number of halogens is 5. The van der Waals surface area contributed by atoms with Gasteiger partial charge in [0.25, 0.3) is 5.91 Å². The number of anilines is 3. The Balaban J connectivity index is 1.51. The van der Waals surface area contributed by atoms with Gasteiger partial charge in [-0.1, -0.05) is 34.8 Å². The van der Waals surface area contributed by atoms with Gasteiger partial charge >= 0.3 is 6.09 Å². The lowest BCUT2D eigenvalue weighted by atomic mass is 10.1. The van der Waals surface area contributed by atoms with Crippen molar-refractivity contribution in [3.8, 4) is 5.75 Å². The fourth-order valence-electron chi connectivity index (χ4n) is 4.48. The number of rotatable bonds is 7. The molecular weight excluding hydrogens is 660 g/mol. The molecule has 1 fully saturated rings. The molecule has 1 saturated carbocycles. The number of nitrogens with zero attached hydrogens (tertiary/aromatic N) is 1. The Labute approximate surface area is 274 Å². The Kier molecular flexibility index (Phi) is 9.69. The Morgan fingerprint density at radius 2 is 1.49 bits per heavy atom. The molecule has 1 aliphatic carbocycles. The average Bonchev–Trinajstić information content (AvgIpc) is 3.49. The van der Waals surface area contributed by atoms with E-state index in [0.717, 1.165) is 0 Å². The molecule has 0 aromatic heterocycles. The number of amides is 3. The van der Waals surface area contributed by atoms with Gasteiger partial charge in [0.05, 0.1) is 29.3 Å². The molecule has 0 radical (unpaired) electrons. The van der Waals surface area contributed by atoms with Crippen LogP contribution in [-0.2, 0) is 9.53 Å². The van der Waals surface area contributed by atoms with Crippen LogP contribution in [0.15, 0.2) is 54.6 Å². The molecule has 0 saturated heterocycles. The molecule has 43 heavy (non-hydrogen) atoms. The Morgan fingerprint density at radius 3 is 2.09 bits per heavy atom. The Bertz CT molecular complexity index is 1570. The Hall–Kier alpha value is -2.88. The summed E-state index contributed by atoms with van der Waals surface area (Å²) in [5.41, 5.74) is 1.05. The van der Waals surface area contributed by atoms with E-state index < -0.39 is 39.7 Å². The van der Waals surface area contributed by atoms with E-state index in [1.54, 1.807) is 63.2 Å². The molecule has 4 rings (SSSR count). The first-order chi connectivity index (χ1) is 20.0. The van der Waals surface area contributed by atoms with Crippen molar-refractivity contribution in [2.75, 3.05) is 29.7 Å². The summed E-state index contributed by atoms with van der Waals surface area (Å²) in [7, 11) is 2.99. The van der Waals surface area contributed by atoms with Gasteiger partial charge in [-0.2, -0.15) is 0 Å². The van der Waals surface area contributed by atoms with Crippen molar-refractivity contribution in [2.24, 2.45) is 5.92 Å². The number of nitrogens with one attached hydrogen (secondary N) is 2. The van der Waals surface area contributed by atoms with E-state index in [0.29, 0.717) is 38.4 Å². The number of hydrogen-bond donors (Lipinski definition) is 2. The standard InChI is InChI=1S/C30H28Cl5N3O5/c1-29(2,3)43-28(41)38(4)22-14-19(7-9-23(22)42-5)36-26(39)20-13-18(6-8-21(20)33)37-27(40)25-24(30(25,34)35)15-10-16(31)12-17(32)11-15/h6-14,24-25H,1-5H3,(H,36,39)(H,37,40). The van der Waals surface area contributed by atoms with Crippen LogP contribution >= 0.6 is 58.0 Å². The highest BCUT2D eigenvalue weighted by atomic mass is 35.5. The molecule has 228 valence electrons. The topological polar surface area (TPSA) is 97.0 Å². The van der Waals surface area contributed by atoms with Crippen LogP contribution in [0, 0.1) is 5.92 Å². The summed E-state index contributed by atoms with van der Waals surface area (Å²) in [5, 5.41) is 6.46. The Morgan fingerprint density at radius 1 is 0.884 bits per heavy atom. The van der Waals surface area contributed by atoms with Gasteiger partial charge in [-0.15, -0.1) is 23.2 Å². The smallest absolute Gasteiger partial charge is 0.414 e. The molecule has 3 amide bonds. The molecular formula is C30H28Cl5N3O5. The zero-order valence-electron chi connectivity index (χ0n) is 23.7. The van der Waals surface area contributed by atoms with Gasteiger partial charge in [-0.25, -0.2) is 4.79 Å². The van der Waals surface area contributed by atoms with Crippen LogP contribution in [-0.4, -0.2) is 42.0 Å². The fourth-order valence-corrected chi connectivity index (χ4v) is 6.05. The van der Waals surface area contributed by atoms with E-state index in [4.69, 9.17) is 67.5 Å². The summed E-state index contributed by atoms with van der Waals surface area (Å²) in [6, 6.07) is 14.1. The quantitative estimate of drug-likeness (QED) is 0.242. The maximum atomic E-state index is 13.3. The predicted molar refractivity (Wildman–Crippen MR) is 173 cm³/mol. The van der Waals surface area contributed by atoms with Gasteiger partial charge in [-0.3, -0.25) is 14.5 Å². The summed E-state index contributed by atoms with van der Waals surface area (Å²) in [4.78, 5) is 40.4. The van der Waals surface area contributed by atoms with Gasteiger partial charge in [0.1, 0.15) is 15.7 Å². The van der Waals surface area contributed by atoms with Crippen molar-refractivity contribution >= 4 is 93.0 Å². The highest BCUT2D eigenvalue weighted by Gasteiger charge is 2.67. The molecule has 0 bridgehead atoms. The van der Waals surface area contributed by atoms with Gasteiger partial charge < -0.3 is 20.1 Å². The molecule has 0 spiro atoms. The SMILES string of the molecule is COc1ccc(NC(=O)c2cc(NC(=O)C3C(c4cc(Cl)cc(Cl)c4)C3(Cl)Cl)ccc2Cl)cc1N(C)C(=O)OC(C)(C)C. The molecule has 2 N–H and O–H groups in total. The molecule has 0 aliphatic heterocycles. The van der Waals surface area contributed by atoms with Crippen molar-refractivity contribution in [3.05, 3.63) is 80.8 Å². The van der Waals surface area contributed by atoms with Crippen molar-refractivity contribution < 1.29 is 23.9 Å². The monoisotopic (exact) mass is 685 g/mol. The average molecular weight is 688 g/mol. The number of carbonyl (C=O) groups excluding carboxylic acids is 3. The second-order valence-corrected chi connectivity index (χ2v) is 13.6. The highest BCUT2D eigenvalue weighted by Crippen LogP contribution is 2.65. The molecule has 2 unspecified atom stereocenters. The highest BCUT2D eigenvalue weighted by molar-refractivity contribution is 6.53. The zero-order valence-corrected chi connectivity index (χ0v) is 27.5. The first-order valence-corrected chi connectivity index (χ1v) is 14.8. The van der Waals surface area contributed by atoms with Gasteiger partial charge in [0.2, 0.25) is 5.91 Å². The van der Waals surface area contributed by atoms with Crippen LogP contribution in [0.5, 0.6) is 5.75 Å². The summed E-state index contributed by atoms with van der Waals surface area (Å²) < 4.78 is 9.47. The maximum Gasteiger partial charge on any atom is 0.414 e. The third-order valence-electron chi connectivity index (χ3n) is 6.52. The lowest BCUT2D eigenvalue weighted by molar-refractivity contribution is -0.117. The molecule has 13 heteroatoms. The number of alkyl halides is 2. The minimum atomic E-state index is -1.37. The predicted octanol–water partition coefficient (Wildman–Crippen LogP) is 8.80. The second-order valence-electron chi connectivity index (χ2n) is 10.9. The number of ether oxygens (including phenoxy) is 2. The summed E-state index contributed by atoms with van der Waals surface area (Å²) in [6.07, 6.45) is -0.602. The zero-order chi connectivity index (χ0) is 31.9. The lowest BCUT2D eigenvalue weighted by Crippen LogP contribution is -2.34. The second kappa shape index (κ2) is 12.6. The summed E-state index contributed by atoms with van der Waals surface area (Å²) in [5.74, 6) is -1.95. The number of carbonyl (C=O) groups is 3. The molecule has 1 aliphatic rings. The molecule has 0 heterocycles. The third kappa shape index (κ3) is 7.62. The van der Waals surface area contributed by atoms with E-state index >= 15 is 0 Å². The number of benzene rings is 3. The van der Waals surface area contributed by atoms with Crippen LogP contribution in [0.4, 0.5) is 21.9 Å². The van der Waals surface area contributed by atoms with Gasteiger partial charge in [0, 0.05) is 34.4 Å². The normalized spacial score (nSPS) is 17.1. The van der Waals surface area contributed by atoms with E-state index in [1.807, 2.05) is 0 Å². The van der Waals surface area contributed by atoms with E-state index in [9.17, 15) is 14.4 Å². The van der Waals surface area contributed by atoms with Gasteiger partial charge in [0.15, 0.2) is 0 Å². The molecule has 8 nitrogen and oxygen atoms in total. The minimum absolute atomic E-state index is 0.0920. The lowest BCUT2D eigenvalue weighted by Gasteiger charge is -2.26. The third-order valence-corrected chi connectivity index (χ3v) is 8.23. The minimum Gasteiger partial charge on any atom is -0.495 e. The van der Waals surface area contributed by atoms with Crippen LogP contribution in [0.1, 0.15) is 42.6 Å². The van der Waals surface area contributed by atoms with Crippen molar-refractivity contribution in [3.63, 3.8) is 0 Å². The van der Waals surface area contributed by atoms with Crippen molar-refractivity contribution in [1.29, 1.82) is 0 Å². The maximum absolute atomic E-state index is 13.3. The van der Waals surface area contributed by atoms with E-state index in [-0.39, 0.29) is 10.6 Å². The van der Waals surface area contributed by atoms with Crippen LogP contribution in [0.2, 0.25) is 15.1 Å².